The van der Waals surface area contributed by atoms with Crippen molar-refractivity contribution in [1.82, 2.24) is 4.98 Å². The van der Waals surface area contributed by atoms with Gasteiger partial charge in [-0.05, 0) is 12.1 Å². The van der Waals surface area contributed by atoms with Crippen molar-refractivity contribution in [3.63, 3.8) is 0 Å². The minimum absolute atomic E-state index is 0.0827. The molecule has 22 heavy (non-hydrogen) atoms. The summed E-state index contributed by atoms with van der Waals surface area (Å²) in [7, 11) is 0. The summed E-state index contributed by atoms with van der Waals surface area (Å²) in [5.41, 5.74) is 0.499. The molecule has 0 saturated heterocycles. The molecule has 1 heterocycles. The van der Waals surface area contributed by atoms with Gasteiger partial charge >= 0.3 is 6.16 Å². The lowest BCUT2D eigenvalue weighted by molar-refractivity contribution is 0.145. The molecule has 0 atom stereocenters. The number of hydrogen-bond donors (Lipinski definition) is 1. The van der Waals surface area contributed by atoms with Crippen LogP contribution in [0.15, 0.2) is 48.7 Å². The lowest BCUT2D eigenvalue weighted by atomic mass is 10.0. The summed E-state index contributed by atoms with van der Waals surface area (Å²) in [6, 6.07) is 11.2. The van der Waals surface area contributed by atoms with Crippen molar-refractivity contribution in [3.05, 3.63) is 59.5 Å². The molecule has 0 aliphatic rings. The van der Waals surface area contributed by atoms with E-state index in [2.05, 4.69) is 4.98 Å². The number of halogens is 2. The molecule has 0 aliphatic heterocycles. The lowest BCUT2D eigenvalue weighted by Gasteiger charge is -2.11. The Morgan fingerprint density at radius 3 is 2.55 bits per heavy atom. The van der Waals surface area contributed by atoms with Crippen LogP contribution < -0.4 is 4.74 Å². The Balaban J connectivity index is 2.31. The predicted octanol–water partition coefficient (Wildman–Crippen LogP) is 4.75. The van der Waals surface area contributed by atoms with E-state index in [-0.39, 0.29) is 16.3 Å². The SMILES string of the molecule is O=C(O)Oc1cnc(-c2c(F)cccc2Cl)c2ccccc12. The van der Waals surface area contributed by atoms with Crippen molar-refractivity contribution in [2.45, 2.75) is 0 Å². The van der Waals surface area contributed by atoms with Crippen molar-refractivity contribution in [1.29, 1.82) is 0 Å². The normalized spacial score (nSPS) is 10.6. The van der Waals surface area contributed by atoms with Gasteiger partial charge in [0.15, 0.2) is 5.75 Å². The maximum Gasteiger partial charge on any atom is 0.511 e. The number of carboxylic acid groups (broad SMARTS) is 1. The third-order valence-corrected chi connectivity index (χ3v) is 3.47. The first-order chi connectivity index (χ1) is 10.6. The number of hydrogen-bond acceptors (Lipinski definition) is 3. The van der Waals surface area contributed by atoms with Crippen LogP contribution in [-0.4, -0.2) is 16.2 Å². The van der Waals surface area contributed by atoms with Crippen LogP contribution in [-0.2, 0) is 0 Å². The highest BCUT2D eigenvalue weighted by Crippen LogP contribution is 2.36. The Bertz CT molecular complexity index is 862. The molecular formula is C16H9ClFNO3. The first-order valence-electron chi connectivity index (χ1n) is 6.31. The highest BCUT2D eigenvalue weighted by molar-refractivity contribution is 6.33. The summed E-state index contributed by atoms with van der Waals surface area (Å²) < 4.78 is 18.8. The van der Waals surface area contributed by atoms with E-state index in [0.717, 1.165) is 0 Å². The zero-order chi connectivity index (χ0) is 15.7. The standard InChI is InChI=1S/C16H9ClFNO3/c17-11-6-3-7-12(18)14(11)15-10-5-2-1-4-9(10)13(8-19-15)22-16(20)21/h1-8H,(H,20,21). The van der Waals surface area contributed by atoms with Crippen molar-refractivity contribution >= 4 is 28.5 Å². The highest BCUT2D eigenvalue weighted by atomic mass is 35.5. The number of fused-ring (bicyclic) bond motifs is 1. The number of aromatic nitrogens is 1. The number of carbonyl (C=O) groups is 1. The van der Waals surface area contributed by atoms with E-state index in [4.69, 9.17) is 21.4 Å². The van der Waals surface area contributed by atoms with Crippen LogP contribution in [0.2, 0.25) is 5.02 Å². The number of benzene rings is 2. The average Bonchev–Trinajstić information content (AvgIpc) is 2.48. The third kappa shape index (κ3) is 2.46. The molecule has 1 N–H and O–H groups in total. The summed E-state index contributed by atoms with van der Waals surface area (Å²) in [5, 5.41) is 10.1. The Kier molecular flexibility index (Phi) is 3.65. The molecule has 110 valence electrons. The topological polar surface area (TPSA) is 59.4 Å². The van der Waals surface area contributed by atoms with Crippen molar-refractivity contribution < 1.29 is 19.0 Å². The smallest absolute Gasteiger partial charge is 0.449 e. The van der Waals surface area contributed by atoms with Crippen LogP contribution in [0, 0.1) is 5.82 Å². The average molecular weight is 318 g/mol. The molecule has 0 amide bonds. The van der Waals surface area contributed by atoms with E-state index >= 15 is 0 Å². The molecule has 3 aromatic rings. The molecule has 1 aromatic heterocycles. The monoisotopic (exact) mass is 317 g/mol. The second-order valence-electron chi connectivity index (χ2n) is 4.48. The maximum atomic E-state index is 14.1. The molecule has 0 fully saturated rings. The van der Waals surface area contributed by atoms with Gasteiger partial charge in [0.05, 0.1) is 22.5 Å². The first-order valence-corrected chi connectivity index (χ1v) is 6.68. The van der Waals surface area contributed by atoms with Crippen LogP contribution in [0.5, 0.6) is 5.75 Å². The van der Waals surface area contributed by atoms with E-state index in [0.29, 0.717) is 16.5 Å². The summed E-state index contributed by atoms with van der Waals surface area (Å²) in [4.78, 5) is 14.9. The van der Waals surface area contributed by atoms with E-state index in [1.165, 1.54) is 18.3 Å². The van der Waals surface area contributed by atoms with Gasteiger partial charge in [-0.3, -0.25) is 4.98 Å². The van der Waals surface area contributed by atoms with Gasteiger partial charge in [-0.1, -0.05) is 41.9 Å². The molecule has 0 spiro atoms. The Morgan fingerprint density at radius 1 is 1.14 bits per heavy atom. The fraction of sp³-hybridized carbons (Fsp3) is 0. The van der Waals surface area contributed by atoms with Crippen molar-refractivity contribution in [2.75, 3.05) is 0 Å². The molecule has 0 unspecified atom stereocenters. The Hall–Kier alpha value is -2.66. The van der Waals surface area contributed by atoms with Crippen LogP contribution in [0.25, 0.3) is 22.0 Å². The number of nitrogens with zero attached hydrogens (tertiary/aromatic N) is 1. The van der Waals surface area contributed by atoms with Gasteiger partial charge in [0.1, 0.15) is 5.82 Å². The zero-order valence-corrected chi connectivity index (χ0v) is 11.8. The van der Waals surface area contributed by atoms with Crippen LogP contribution in [0.1, 0.15) is 0 Å². The molecular weight excluding hydrogens is 309 g/mol. The molecule has 0 radical (unpaired) electrons. The molecule has 0 bridgehead atoms. The van der Waals surface area contributed by atoms with Crippen LogP contribution in [0.4, 0.5) is 9.18 Å². The quantitative estimate of drug-likeness (QED) is 0.693. The first kappa shape index (κ1) is 14.3. The summed E-state index contributed by atoms with van der Waals surface area (Å²) in [6.07, 6.45) is -0.196. The summed E-state index contributed by atoms with van der Waals surface area (Å²) >= 11 is 6.08. The van der Waals surface area contributed by atoms with E-state index in [1.54, 1.807) is 30.3 Å². The number of pyridine rings is 1. The molecule has 0 aliphatic carbocycles. The van der Waals surface area contributed by atoms with Gasteiger partial charge in [-0.25, -0.2) is 9.18 Å². The fourth-order valence-electron chi connectivity index (χ4n) is 2.27. The summed E-state index contributed by atoms with van der Waals surface area (Å²) in [5.74, 6) is -0.420. The van der Waals surface area contributed by atoms with Gasteiger partial charge in [0.2, 0.25) is 0 Å². The van der Waals surface area contributed by atoms with Crippen LogP contribution >= 0.6 is 11.6 Å². The number of ether oxygens (including phenoxy) is 1. The molecule has 6 heteroatoms. The maximum absolute atomic E-state index is 14.1. The zero-order valence-electron chi connectivity index (χ0n) is 11.1. The molecule has 2 aromatic carbocycles. The molecule has 0 saturated carbocycles. The van der Waals surface area contributed by atoms with E-state index in [9.17, 15) is 9.18 Å². The minimum Gasteiger partial charge on any atom is -0.449 e. The molecule has 3 rings (SSSR count). The van der Waals surface area contributed by atoms with E-state index in [1.807, 2.05) is 0 Å². The largest absolute Gasteiger partial charge is 0.511 e. The van der Waals surface area contributed by atoms with Crippen LogP contribution in [0.3, 0.4) is 0 Å². The van der Waals surface area contributed by atoms with Gasteiger partial charge < -0.3 is 9.84 Å². The minimum atomic E-state index is -1.44. The van der Waals surface area contributed by atoms with Gasteiger partial charge in [0.25, 0.3) is 0 Å². The van der Waals surface area contributed by atoms with Gasteiger partial charge in [-0.15, -0.1) is 0 Å². The third-order valence-electron chi connectivity index (χ3n) is 3.16. The molecule has 4 nitrogen and oxygen atoms in total. The second-order valence-corrected chi connectivity index (χ2v) is 4.89. The predicted molar refractivity (Wildman–Crippen MR) is 80.8 cm³/mol. The Morgan fingerprint density at radius 2 is 1.86 bits per heavy atom. The van der Waals surface area contributed by atoms with Gasteiger partial charge in [0, 0.05) is 10.8 Å². The fourth-order valence-corrected chi connectivity index (χ4v) is 2.52. The summed E-state index contributed by atoms with van der Waals surface area (Å²) in [6.45, 7) is 0. The number of rotatable bonds is 2. The lowest BCUT2D eigenvalue weighted by Crippen LogP contribution is -2.04. The Labute approximate surface area is 129 Å². The van der Waals surface area contributed by atoms with E-state index < -0.39 is 12.0 Å². The van der Waals surface area contributed by atoms with Gasteiger partial charge in [-0.2, -0.15) is 0 Å². The van der Waals surface area contributed by atoms with Crippen molar-refractivity contribution in [2.24, 2.45) is 0 Å². The highest BCUT2D eigenvalue weighted by Gasteiger charge is 2.17. The van der Waals surface area contributed by atoms with Crippen molar-refractivity contribution in [3.8, 4) is 17.0 Å². The second kappa shape index (κ2) is 5.61.